The SMILES string of the molecule is Cc1ncc(CCC(=O)N2CCCC2C2CCN(C(=O)Cc3c(O)nc[nH]c3=O)C2)c(=O)[nH]1. The van der Waals surface area contributed by atoms with E-state index in [9.17, 15) is 24.3 Å². The number of rotatable bonds is 6. The fourth-order valence-corrected chi connectivity index (χ4v) is 4.83. The summed E-state index contributed by atoms with van der Waals surface area (Å²) >= 11 is 0. The molecule has 0 bridgehead atoms. The average molecular weight is 457 g/mol. The van der Waals surface area contributed by atoms with Crippen LogP contribution in [-0.4, -0.2) is 72.3 Å². The Labute approximate surface area is 189 Å². The quantitative estimate of drug-likeness (QED) is 0.548. The van der Waals surface area contributed by atoms with Crippen LogP contribution in [0.25, 0.3) is 0 Å². The lowest BCUT2D eigenvalue weighted by Crippen LogP contribution is -2.42. The van der Waals surface area contributed by atoms with Crippen molar-refractivity contribution in [3.8, 4) is 5.88 Å². The van der Waals surface area contributed by atoms with E-state index in [0.29, 0.717) is 37.4 Å². The van der Waals surface area contributed by atoms with Crippen LogP contribution in [-0.2, 0) is 22.4 Å². The van der Waals surface area contributed by atoms with Crippen LogP contribution < -0.4 is 11.1 Å². The number of amides is 2. The predicted octanol–water partition coefficient (Wildman–Crippen LogP) is -0.118. The number of likely N-dealkylation sites (tertiary alicyclic amines) is 2. The second kappa shape index (κ2) is 9.55. The summed E-state index contributed by atoms with van der Waals surface area (Å²) in [6.45, 7) is 3.44. The van der Waals surface area contributed by atoms with E-state index in [1.807, 2.05) is 4.90 Å². The fraction of sp³-hybridized carbons (Fsp3) is 0.545. The zero-order valence-corrected chi connectivity index (χ0v) is 18.5. The number of aromatic nitrogens is 4. The van der Waals surface area contributed by atoms with Gasteiger partial charge in [0.25, 0.3) is 11.1 Å². The van der Waals surface area contributed by atoms with Gasteiger partial charge in [-0.15, -0.1) is 0 Å². The van der Waals surface area contributed by atoms with Gasteiger partial charge >= 0.3 is 0 Å². The zero-order valence-electron chi connectivity index (χ0n) is 18.5. The Hall–Kier alpha value is -3.50. The maximum Gasteiger partial charge on any atom is 0.258 e. The molecule has 2 aliphatic rings. The summed E-state index contributed by atoms with van der Waals surface area (Å²) in [5.41, 5.74) is -0.279. The van der Waals surface area contributed by atoms with Gasteiger partial charge in [0.1, 0.15) is 5.82 Å². The van der Waals surface area contributed by atoms with E-state index in [1.165, 1.54) is 6.20 Å². The molecular weight excluding hydrogens is 428 g/mol. The molecule has 2 atom stereocenters. The van der Waals surface area contributed by atoms with Gasteiger partial charge in [0.05, 0.1) is 18.3 Å². The molecule has 3 N–H and O–H groups in total. The lowest BCUT2D eigenvalue weighted by Gasteiger charge is -2.29. The third kappa shape index (κ3) is 4.96. The standard InChI is InChI=1S/C22H28N6O5/c1-13-23-10-14(20(31)26-13)4-5-18(29)28-7-2-3-17(28)15-6-8-27(11-15)19(30)9-16-21(32)24-12-25-22(16)33/h10,12,15,17H,2-9,11H2,1H3,(H,23,26,31)(H2,24,25,32,33). The molecule has 0 radical (unpaired) electrons. The lowest BCUT2D eigenvalue weighted by molar-refractivity contribution is -0.132. The van der Waals surface area contributed by atoms with Crippen molar-refractivity contribution in [2.75, 3.05) is 19.6 Å². The number of carbonyl (C=O) groups excluding carboxylic acids is 2. The van der Waals surface area contributed by atoms with Crippen molar-refractivity contribution in [2.45, 2.75) is 51.5 Å². The van der Waals surface area contributed by atoms with Crippen LogP contribution in [0.2, 0.25) is 0 Å². The van der Waals surface area contributed by atoms with Crippen molar-refractivity contribution >= 4 is 11.8 Å². The first-order valence-corrected chi connectivity index (χ1v) is 11.2. The molecule has 2 unspecified atom stereocenters. The lowest BCUT2D eigenvalue weighted by atomic mass is 9.96. The number of hydrogen-bond acceptors (Lipinski definition) is 7. The smallest absolute Gasteiger partial charge is 0.258 e. The van der Waals surface area contributed by atoms with Crippen molar-refractivity contribution in [3.63, 3.8) is 0 Å². The van der Waals surface area contributed by atoms with Gasteiger partial charge in [0.15, 0.2) is 0 Å². The Bertz CT molecular complexity index is 1160. The van der Waals surface area contributed by atoms with Crippen molar-refractivity contribution in [2.24, 2.45) is 5.92 Å². The molecule has 11 heteroatoms. The van der Waals surface area contributed by atoms with E-state index >= 15 is 0 Å². The Morgan fingerprint density at radius 1 is 1.15 bits per heavy atom. The molecule has 0 saturated carbocycles. The summed E-state index contributed by atoms with van der Waals surface area (Å²) < 4.78 is 0. The monoisotopic (exact) mass is 456 g/mol. The predicted molar refractivity (Wildman–Crippen MR) is 118 cm³/mol. The molecule has 11 nitrogen and oxygen atoms in total. The van der Waals surface area contributed by atoms with E-state index in [-0.39, 0.29) is 47.7 Å². The summed E-state index contributed by atoms with van der Waals surface area (Å²) in [5, 5.41) is 9.80. The van der Waals surface area contributed by atoms with E-state index in [2.05, 4.69) is 19.9 Å². The summed E-state index contributed by atoms with van der Waals surface area (Å²) in [6.07, 6.45) is 5.54. The number of carbonyl (C=O) groups is 2. The highest BCUT2D eigenvalue weighted by Gasteiger charge is 2.39. The van der Waals surface area contributed by atoms with Crippen LogP contribution in [0.15, 0.2) is 22.1 Å². The molecule has 2 amide bonds. The Kier molecular flexibility index (Phi) is 6.57. The molecule has 4 heterocycles. The van der Waals surface area contributed by atoms with Crippen LogP contribution >= 0.6 is 0 Å². The minimum absolute atomic E-state index is 0.00840. The molecule has 0 aromatic carbocycles. The summed E-state index contributed by atoms with van der Waals surface area (Å²) in [6, 6.07) is 0.0555. The Balaban J connectivity index is 1.35. The maximum absolute atomic E-state index is 12.9. The van der Waals surface area contributed by atoms with E-state index in [0.717, 1.165) is 25.6 Å². The van der Waals surface area contributed by atoms with E-state index < -0.39 is 11.4 Å². The number of aryl methyl sites for hydroxylation is 2. The van der Waals surface area contributed by atoms with E-state index in [1.54, 1.807) is 11.8 Å². The maximum atomic E-state index is 12.9. The molecule has 2 aromatic rings. The van der Waals surface area contributed by atoms with Crippen LogP contribution in [0.4, 0.5) is 0 Å². The third-order valence-electron chi connectivity index (χ3n) is 6.60. The topological polar surface area (TPSA) is 152 Å². The van der Waals surface area contributed by atoms with Gasteiger partial charge in [0, 0.05) is 43.9 Å². The molecule has 33 heavy (non-hydrogen) atoms. The first-order chi connectivity index (χ1) is 15.8. The number of nitrogens with one attached hydrogen (secondary N) is 2. The zero-order chi connectivity index (χ0) is 23.5. The van der Waals surface area contributed by atoms with E-state index in [4.69, 9.17) is 0 Å². The Morgan fingerprint density at radius 3 is 2.73 bits per heavy atom. The fourth-order valence-electron chi connectivity index (χ4n) is 4.83. The second-order valence-electron chi connectivity index (χ2n) is 8.72. The number of aromatic amines is 2. The van der Waals surface area contributed by atoms with Crippen LogP contribution in [0.1, 0.15) is 42.6 Å². The summed E-state index contributed by atoms with van der Waals surface area (Å²) in [4.78, 5) is 65.9. The third-order valence-corrected chi connectivity index (χ3v) is 6.60. The molecule has 0 aliphatic carbocycles. The Morgan fingerprint density at radius 2 is 1.97 bits per heavy atom. The molecule has 2 aromatic heterocycles. The highest BCUT2D eigenvalue weighted by Crippen LogP contribution is 2.31. The summed E-state index contributed by atoms with van der Waals surface area (Å²) in [7, 11) is 0. The summed E-state index contributed by atoms with van der Waals surface area (Å²) in [5.74, 6) is 0.0318. The van der Waals surface area contributed by atoms with Gasteiger partial charge in [-0.1, -0.05) is 0 Å². The van der Waals surface area contributed by atoms with Gasteiger partial charge in [-0.05, 0) is 38.5 Å². The second-order valence-corrected chi connectivity index (χ2v) is 8.72. The molecule has 0 spiro atoms. The van der Waals surface area contributed by atoms with Gasteiger partial charge in [-0.3, -0.25) is 19.2 Å². The number of H-pyrrole nitrogens is 2. The number of aromatic hydroxyl groups is 1. The molecule has 2 saturated heterocycles. The molecule has 2 fully saturated rings. The van der Waals surface area contributed by atoms with Crippen molar-refractivity contribution in [3.05, 3.63) is 50.2 Å². The minimum atomic E-state index is -0.526. The van der Waals surface area contributed by atoms with Crippen molar-refractivity contribution in [1.29, 1.82) is 0 Å². The normalized spacial score (nSPS) is 20.4. The highest BCUT2D eigenvalue weighted by atomic mass is 16.3. The average Bonchev–Trinajstić information content (AvgIpc) is 3.45. The van der Waals surface area contributed by atoms with Crippen LogP contribution in [0, 0.1) is 12.8 Å². The minimum Gasteiger partial charge on any atom is -0.493 e. The molecule has 176 valence electrons. The number of hydrogen-bond donors (Lipinski definition) is 3. The van der Waals surface area contributed by atoms with Gasteiger partial charge in [0.2, 0.25) is 17.7 Å². The van der Waals surface area contributed by atoms with Crippen LogP contribution in [0.3, 0.4) is 0 Å². The first kappa shape index (κ1) is 22.7. The number of nitrogens with zero attached hydrogens (tertiary/aromatic N) is 4. The highest BCUT2D eigenvalue weighted by molar-refractivity contribution is 5.79. The van der Waals surface area contributed by atoms with Gasteiger partial charge in [-0.25, -0.2) is 9.97 Å². The molecule has 4 rings (SSSR count). The first-order valence-electron chi connectivity index (χ1n) is 11.2. The van der Waals surface area contributed by atoms with Gasteiger partial charge < -0.3 is 24.9 Å². The molecule has 2 aliphatic heterocycles. The van der Waals surface area contributed by atoms with Gasteiger partial charge in [-0.2, -0.15) is 0 Å². The molecular formula is C22H28N6O5. The van der Waals surface area contributed by atoms with Crippen molar-refractivity contribution < 1.29 is 14.7 Å². The largest absolute Gasteiger partial charge is 0.493 e. The van der Waals surface area contributed by atoms with Crippen LogP contribution in [0.5, 0.6) is 5.88 Å². The van der Waals surface area contributed by atoms with Crippen molar-refractivity contribution in [1.82, 2.24) is 29.7 Å².